The molecule has 4 nitrogen and oxygen atoms in total. The maximum Gasteiger partial charge on any atom is 0.407 e. The molecule has 0 spiro atoms. The topological polar surface area (TPSA) is 47.6 Å². The van der Waals surface area contributed by atoms with Crippen LogP contribution in [0.2, 0.25) is 0 Å². The van der Waals surface area contributed by atoms with Crippen LogP contribution in [0, 0.1) is 6.92 Å². The quantitative estimate of drug-likeness (QED) is 0.917. The normalized spacial score (nSPS) is 11.1. The SMILES string of the molecule is COc1ccc(CNC(=O)OC(C)(C)C)c(Br)c1C. The molecule has 1 aromatic rings. The second-order valence-corrected chi connectivity index (χ2v) is 6.01. The summed E-state index contributed by atoms with van der Waals surface area (Å²) in [5.41, 5.74) is 1.49. The van der Waals surface area contributed by atoms with E-state index in [1.165, 1.54) is 0 Å². The third kappa shape index (κ3) is 4.74. The maximum absolute atomic E-state index is 11.6. The molecule has 0 aliphatic rings. The van der Waals surface area contributed by atoms with Crippen LogP contribution in [-0.4, -0.2) is 18.8 Å². The maximum atomic E-state index is 11.6. The molecule has 0 unspecified atom stereocenters. The lowest BCUT2D eigenvalue weighted by molar-refractivity contribution is 0.0523. The van der Waals surface area contributed by atoms with E-state index in [2.05, 4.69) is 21.2 Å². The van der Waals surface area contributed by atoms with Gasteiger partial charge in [0.25, 0.3) is 0 Å². The molecule has 0 bridgehead atoms. The number of hydrogen-bond donors (Lipinski definition) is 1. The van der Waals surface area contributed by atoms with E-state index in [-0.39, 0.29) is 0 Å². The molecule has 0 saturated carbocycles. The molecule has 1 aromatic carbocycles. The van der Waals surface area contributed by atoms with E-state index >= 15 is 0 Å². The van der Waals surface area contributed by atoms with Crippen molar-refractivity contribution >= 4 is 22.0 Å². The number of benzene rings is 1. The Morgan fingerprint density at radius 3 is 2.53 bits per heavy atom. The summed E-state index contributed by atoms with van der Waals surface area (Å²) in [6, 6.07) is 3.79. The van der Waals surface area contributed by atoms with Gasteiger partial charge < -0.3 is 14.8 Å². The number of nitrogens with one attached hydrogen (secondary N) is 1. The summed E-state index contributed by atoms with van der Waals surface area (Å²) < 4.78 is 11.3. The molecule has 1 amide bonds. The fourth-order valence-corrected chi connectivity index (χ4v) is 2.03. The van der Waals surface area contributed by atoms with E-state index in [4.69, 9.17) is 9.47 Å². The van der Waals surface area contributed by atoms with Crippen molar-refractivity contribution in [1.29, 1.82) is 0 Å². The lowest BCUT2D eigenvalue weighted by atomic mass is 10.1. The Kier molecular flexibility index (Phi) is 5.23. The summed E-state index contributed by atoms with van der Waals surface area (Å²) >= 11 is 3.51. The third-order valence-electron chi connectivity index (χ3n) is 2.46. The molecule has 5 heteroatoms. The summed E-state index contributed by atoms with van der Waals surface area (Å²) in [5, 5.41) is 2.73. The first-order chi connectivity index (χ1) is 8.74. The number of rotatable bonds is 3. The van der Waals surface area contributed by atoms with Crippen LogP contribution in [0.15, 0.2) is 16.6 Å². The first-order valence-electron chi connectivity index (χ1n) is 6.03. The zero-order chi connectivity index (χ0) is 14.6. The zero-order valence-electron chi connectivity index (χ0n) is 12.0. The first-order valence-corrected chi connectivity index (χ1v) is 6.82. The molecule has 0 atom stereocenters. The number of alkyl carbamates (subject to hydrolysis) is 1. The van der Waals surface area contributed by atoms with Crippen LogP contribution in [-0.2, 0) is 11.3 Å². The highest BCUT2D eigenvalue weighted by atomic mass is 79.9. The van der Waals surface area contributed by atoms with Gasteiger partial charge in [0, 0.05) is 16.6 Å². The fraction of sp³-hybridized carbons (Fsp3) is 0.500. The minimum absolute atomic E-state index is 0.403. The van der Waals surface area contributed by atoms with E-state index in [0.717, 1.165) is 21.3 Å². The van der Waals surface area contributed by atoms with E-state index < -0.39 is 11.7 Å². The van der Waals surface area contributed by atoms with Gasteiger partial charge >= 0.3 is 6.09 Å². The smallest absolute Gasteiger partial charge is 0.407 e. The Balaban J connectivity index is 2.69. The Hall–Kier alpha value is -1.23. The van der Waals surface area contributed by atoms with Crippen molar-refractivity contribution in [3.05, 3.63) is 27.7 Å². The summed E-state index contributed by atoms with van der Waals surface area (Å²) in [5.74, 6) is 0.813. The van der Waals surface area contributed by atoms with E-state index in [1.807, 2.05) is 39.8 Å². The highest BCUT2D eigenvalue weighted by Gasteiger charge is 2.16. The Bertz CT molecular complexity index is 466. The molecule has 19 heavy (non-hydrogen) atoms. The minimum Gasteiger partial charge on any atom is -0.496 e. The highest BCUT2D eigenvalue weighted by molar-refractivity contribution is 9.10. The number of carbonyl (C=O) groups is 1. The van der Waals surface area contributed by atoms with Gasteiger partial charge in [0.15, 0.2) is 0 Å². The standard InChI is InChI=1S/C14H20BrNO3/c1-9-11(18-5)7-6-10(12(9)15)8-16-13(17)19-14(2,3)4/h6-7H,8H2,1-5H3,(H,16,17). The molecule has 0 radical (unpaired) electrons. The number of halogens is 1. The van der Waals surface area contributed by atoms with Gasteiger partial charge in [0.05, 0.1) is 7.11 Å². The summed E-state index contributed by atoms with van der Waals surface area (Å²) in [7, 11) is 1.63. The van der Waals surface area contributed by atoms with Crippen molar-refractivity contribution in [2.45, 2.75) is 39.8 Å². The number of amides is 1. The van der Waals surface area contributed by atoms with Crippen molar-refractivity contribution < 1.29 is 14.3 Å². The zero-order valence-corrected chi connectivity index (χ0v) is 13.6. The van der Waals surface area contributed by atoms with E-state index in [0.29, 0.717) is 6.54 Å². The molecule has 0 aliphatic carbocycles. The molecular weight excluding hydrogens is 310 g/mol. The lowest BCUT2D eigenvalue weighted by Gasteiger charge is -2.20. The molecule has 106 valence electrons. The predicted octanol–water partition coefficient (Wildman–Crippen LogP) is 3.79. The Morgan fingerprint density at radius 1 is 1.37 bits per heavy atom. The monoisotopic (exact) mass is 329 g/mol. The van der Waals surface area contributed by atoms with Gasteiger partial charge in [-0.05, 0) is 39.3 Å². The van der Waals surface area contributed by atoms with E-state index in [1.54, 1.807) is 7.11 Å². The summed E-state index contributed by atoms with van der Waals surface area (Å²) in [4.78, 5) is 11.6. The van der Waals surface area contributed by atoms with Gasteiger partial charge in [0.1, 0.15) is 11.4 Å². The largest absolute Gasteiger partial charge is 0.496 e. The van der Waals surface area contributed by atoms with Crippen LogP contribution >= 0.6 is 15.9 Å². The molecule has 0 aliphatic heterocycles. The molecule has 1 rings (SSSR count). The van der Waals surface area contributed by atoms with E-state index in [9.17, 15) is 4.79 Å². The van der Waals surface area contributed by atoms with Crippen LogP contribution in [0.1, 0.15) is 31.9 Å². The van der Waals surface area contributed by atoms with Crippen LogP contribution < -0.4 is 10.1 Å². The average Bonchev–Trinajstić information content (AvgIpc) is 2.29. The van der Waals surface area contributed by atoms with Crippen molar-refractivity contribution in [3.63, 3.8) is 0 Å². The number of methoxy groups -OCH3 is 1. The highest BCUT2D eigenvalue weighted by Crippen LogP contribution is 2.29. The van der Waals surface area contributed by atoms with Crippen LogP contribution in [0.25, 0.3) is 0 Å². The van der Waals surface area contributed by atoms with Gasteiger partial charge in [-0.2, -0.15) is 0 Å². The van der Waals surface area contributed by atoms with Gasteiger partial charge in [-0.25, -0.2) is 4.79 Å². The van der Waals surface area contributed by atoms with Gasteiger partial charge in [-0.1, -0.05) is 22.0 Å². The van der Waals surface area contributed by atoms with Crippen molar-refractivity contribution in [1.82, 2.24) is 5.32 Å². The van der Waals surface area contributed by atoms with Crippen molar-refractivity contribution in [3.8, 4) is 5.75 Å². The number of carbonyl (C=O) groups excluding carboxylic acids is 1. The third-order valence-corrected chi connectivity index (χ3v) is 3.56. The van der Waals surface area contributed by atoms with Crippen LogP contribution in [0.3, 0.4) is 0 Å². The molecule has 1 N–H and O–H groups in total. The average molecular weight is 330 g/mol. The molecule has 0 aromatic heterocycles. The molecule has 0 fully saturated rings. The summed E-state index contributed by atoms with van der Waals surface area (Å²) in [6.07, 6.45) is -0.423. The minimum atomic E-state index is -0.489. The van der Waals surface area contributed by atoms with Crippen LogP contribution in [0.4, 0.5) is 4.79 Å². The number of ether oxygens (including phenoxy) is 2. The Morgan fingerprint density at radius 2 is 2.00 bits per heavy atom. The van der Waals surface area contributed by atoms with Gasteiger partial charge in [0.2, 0.25) is 0 Å². The molecular formula is C14H20BrNO3. The second-order valence-electron chi connectivity index (χ2n) is 5.22. The fourth-order valence-electron chi connectivity index (χ4n) is 1.56. The summed E-state index contributed by atoms with van der Waals surface area (Å²) in [6.45, 7) is 7.86. The molecule has 0 saturated heterocycles. The van der Waals surface area contributed by atoms with Gasteiger partial charge in [-0.3, -0.25) is 0 Å². The number of hydrogen-bond acceptors (Lipinski definition) is 3. The predicted molar refractivity (Wildman–Crippen MR) is 78.5 cm³/mol. The molecule has 0 heterocycles. The van der Waals surface area contributed by atoms with Crippen molar-refractivity contribution in [2.75, 3.05) is 7.11 Å². The van der Waals surface area contributed by atoms with Gasteiger partial charge in [-0.15, -0.1) is 0 Å². The first kappa shape index (κ1) is 15.8. The Labute approximate surface area is 122 Å². The van der Waals surface area contributed by atoms with Crippen molar-refractivity contribution in [2.24, 2.45) is 0 Å². The van der Waals surface area contributed by atoms with Crippen LogP contribution in [0.5, 0.6) is 5.75 Å². The lowest BCUT2D eigenvalue weighted by Crippen LogP contribution is -2.32. The second kappa shape index (κ2) is 6.28.